The van der Waals surface area contributed by atoms with Gasteiger partial charge in [-0.3, -0.25) is 9.48 Å². The standard InChI is InChI=1S/C11H18N4O.ClH/c1-8-10(7-14(2)13-8)11(16)15(3)9-4-5-12-6-9;/h7,9,12H,4-6H2,1-3H3;1H. The molecule has 1 N–H and O–H groups in total. The van der Waals surface area contributed by atoms with E-state index in [1.807, 2.05) is 25.9 Å². The lowest BCUT2D eigenvalue weighted by molar-refractivity contribution is 0.0743. The molecule has 1 aliphatic heterocycles. The number of hydrogen-bond acceptors (Lipinski definition) is 3. The predicted molar refractivity (Wildman–Crippen MR) is 68.6 cm³/mol. The van der Waals surface area contributed by atoms with Crippen LogP contribution in [0, 0.1) is 6.92 Å². The molecule has 1 aliphatic rings. The molecule has 0 saturated carbocycles. The minimum absolute atomic E-state index is 0. The molecule has 1 aromatic rings. The summed E-state index contributed by atoms with van der Waals surface area (Å²) < 4.78 is 1.68. The molecule has 2 rings (SSSR count). The molecule has 1 saturated heterocycles. The lowest BCUT2D eigenvalue weighted by Gasteiger charge is -2.23. The van der Waals surface area contributed by atoms with Gasteiger partial charge >= 0.3 is 0 Å². The molecule has 1 unspecified atom stereocenters. The number of nitrogens with one attached hydrogen (secondary N) is 1. The van der Waals surface area contributed by atoms with Gasteiger partial charge in [-0.1, -0.05) is 0 Å². The third-order valence-electron chi connectivity index (χ3n) is 3.15. The number of amides is 1. The van der Waals surface area contributed by atoms with Crippen LogP contribution >= 0.6 is 12.4 Å². The van der Waals surface area contributed by atoms with E-state index in [1.165, 1.54) is 0 Å². The number of aryl methyl sites for hydroxylation is 2. The molecule has 0 spiro atoms. The number of halogens is 1. The molecular formula is C11H19ClN4O. The molecule has 1 amide bonds. The summed E-state index contributed by atoms with van der Waals surface area (Å²) in [5, 5.41) is 7.46. The van der Waals surface area contributed by atoms with Gasteiger partial charge in [0.2, 0.25) is 0 Å². The molecule has 2 heterocycles. The highest BCUT2D eigenvalue weighted by Crippen LogP contribution is 2.13. The van der Waals surface area contributed by atoms with Gasteiger partial charge in [-0.15, -0.1) is 12.4 Å². The largest absolute Gasteiger partial charge is 0.337 e. The molecule has 17 heavy (non-hydrogen) atoms. The van der Waals surface area contributed by atoms with Crippen LogP contribution in [-0.4, -0.2) is 46.8 Å². The molecule has 0 aliphatic carbocycles. The Morgan fingerprint density at radius 2 is 2.35 bits per heavy atom. The van der Waals surface area contributed by atoms with Crippen molar-refractivity contribution in [2.24, 2.45) is 7.05 Å². The molecule has 6 heteroatoms. The lowest BCUT2D eigenvalue weighted by Crippen LogP contribution is -2.38. The quantitative estimate of drug-likeness (QED) is 0.845. The Bertz CT molecular complexity index is 398. The Labute approximate surface area is 108 Å². The zero-order valence-electron chi connectivity index (χ0n) is 10.4. The highest BCUT2D eigenvalue weighted by molar-refractivity contribution is 5.95. The number of likely N-dealkylation sites (N-methyl/N-ethyl adjacent to an activating group) is 1. The molecule has 0 bridgehead atoms. The fourth-order valence-corrected chi connectivity index (χ4v) is 2.14. The van der Waals surface area contributed by atoms with Crippen LogP contribution in [0.4, 0.5) is 0 Å². The zero-order valence-corrected chi connectivity index (χ0v) is 11.3. The molecule has 1 aromatic heterocycles. The lowest BCUT2D eigenvalue weighted by atomic mass is 10.2. The van der Waals surface area contributed by atoms with Gasteiger partial charge in [0.25, 0.3) is 5.91 Å². The van der Waals surface area contributed by atoms with Gasteiger partial charge in [0.05, 0.1) is 11.3 Å². The van der Waals surface area contributed by atoms with Crippen molar-refractivity contribution in [3.8, 4) is 0 Å². The van der Waals surface area contributed by atoms with Crippen molar-refractivity contribution in [1.82, 2.24) is 20.0 Å². The van der Waals surface area contributed by atoms with Crippen molar-refractivity contribution in [2.45, 2.75) is 19.4 Å². The van der Waals surface area contributed by atoms with Gasteiger partial charge in [-0.25, -0.2) is 0 Å². The molecule has 96 valence electrons. The molecule has 0 aromatic carbocycles. The Balaban J connectivity index is 0.00000144. The highest BCUT2D eigenvalue weighted by atomic mass is 35.5. The second-order valence-corrected chi connectivity index (χ2v) is 4.36. The Kier molecular flexibility index (Phi) is 4.54. The van der Waals surface area contributed by atoms with Gasteiger partial charge in [0, 0.05) is 32.9 Å². The van der Waals surface area contributed by atoms with Crippen LogP contribution in [0.15, 0.2) is 6.20 Å². The van der Waals surface area contributed by atoms with Crippen LogP contribution in [0.25, 0.3) is 0 Å². The van der Waals surface area contributed by atoms with E-state index < -0.39 is 0 Å². The Morgan fingerprint density at radius 3 is 2.82 bits per heavy atom. The first kappa shape index (κ1) is 14.0. The number of carbonyl (C=O) groups excluding carboxylic acids is 1. The third-order valence-corrected chi connectivity index (χ3v) is 3.15. The van der Waals surface area contributed by atoms with Crippen LogP contribution in [0.1, 0.15) is 22.5 Å². The summed E-state index contributed by atoms with van der Waals surface area (Å²) in [6, 6.07) is 0.312. The van der Waals surface area contributed by atoms with E-state index in [9.17, 15) is 4.79 Å². The zero-order chi connectivity index (χ0) is 11.7. The van der Waals surface area contributed by atoms with Gasteiger partial charge in [-0.2, -0.15) is 5.10 Å². The summed E-state index contributed by atoms with van der Waals surface area (Å²) in [6.07, 6.45) is 2.82. The molecular weight excluding hydrogens is 240 g/mol. The van der Waals surface area contributed by atoms with Crippen LogP contribution < -0.4 is 5.32 Å². The third kappa shape index (κ3) is 2.79. The number of aromatic nitrogens is 2. The van der Waals surface area contributed by atoms with Gasteiger partial charge in [0.15, 0.2) is 0 Å². The van der Waals surface area contributed by atoms with Crippen molar-refractivity contribution in [3.63, 3.8) is 0 Å². The number of nitrogens with zero attached hydrogens (tertiary/aromatic N) is 3. The molecule has 1 fully saturated rings. The van der Waals surface area contributed by atoms with E-state index >= 15 is 0 Å². The van der Waals surface area contributed by atoms with Gasteiger partial charge < -0.3 is 10.2 Å². The SMILES string of the molecule is Cc1nn(C)cc1C(=O)N(C)C1CCNC1.Cl. The van der Waals surface area contributed by atoms with E-state index in [1.54, 1.807) is 10.9 Å². The summed E-state index contributed by atoms with van der Waals surface area (Å²) >= 11 is 0. The Morgan fingerprint density at radius 1 is 1.65 bits per heavy atom. The smallest absolute Gasteiger partial charge is 0.257 e. The van der Waals surface area contributed by atoms with Gasteiger partial charge in [-0.05, 0) is 19.9 Å². The van der Waals surface area contributed by atoms with Crippen LogP contribution in [0.2, 0.25) is 0 Å². The summed E-state index contributed by atoms with van der Waals surface area (Å²) in [7, 11) is 3.70. The highest BCUT2D eigenvalue weighted by Gasteiger charge is 2.25. The van der Waals surface area contributed by atoms with Crippen LogP contribution in [0.3, 0.4) is 0 Å². The minimum Gasteiger partial charge on any atom is -0.337 e. The summed E-state index contributed by atoms with van der Waals surface area (Å²) in [6.45, 7) is 3.75. The maximum atomic E-state index is 12.2. The van der Waals surface area contributed by atoms with Crippen molar-refractivity contribution in [3.05, 3.63) is 17.5 Å². The van der Waals surface area contributed by atoms with E-state index in [0.717, 1.165) is 25.2 Å². The average Bonchev–Trinajstić information content (AvgIpc) is 2.85. The summed E-state index contributed by atoms with van der Waals surface area (Å²) in [4.78, 5) is 14.0. The normalized spacial score (nSPS) is 18.9. The molecule has 0 radical (unpaired) electrons. The first-order valence-corrected chi connectivity index (χ1v) is 5.57. The number of rotatable bonds is 2. The first-order valence-electron chi connectivity index (χ1n) is 5.57. The van der Waals surface area contributed by atoms with Crippen LogP contribution in [0.5, 0.6) is 0 Å². The maximum absolute atomic E-state index is 12.2. The van der Waals surface area contributed by atoms with Crippen molar-refractivity contribution < 1.29 is 4.79 Å². The molecule has 5 nitrogen and oxygen atoms in total. The van der Waals surface area contributed by atoms with E-state index in [-0.39, 0.29) is 18.3 Å². The van der Waals surface area contributed by atoms with E-state index in [4.69, 9.17) is 0 Å². The second-order valence-electron chi connectivity index (χ2n) is 4.36. The summed E-state index contributed by atoms with van der Waals surface area (Å²) in [5.74, 6) is 0.0688. The van der Waals surface area contributed by atoms with Crippen molar-refractivity contribution in [2.75, 3.05) is 20.1 Å². The summed E-state index contributed by atoms with van der Waals surface area (Å²) in [5.41, 5.74) is 1.50. The van der Waals surface area contributed by atoms with E-state index in [2.05, 4.69) is 10.4 Å². The number of carbonyl (C=O) groups is 1. The fourth-order valence-electron chi connectivity index (χ4n) is 2.14. The average molecular weight is 259 g/mol. The fraction of sp³-hybridized carbons (Fsp3) is 0.636. The second kappa shape index (κ2) is 5.51. The molecule has 1 atom stereocenters. The topological polar surface area (TPSA) is 50.2 Å². The van der Waals surface area contributed by atoms with Gasteiger partial charge in [0.1, 0.15) is 0 Å². The minimum atomic E-state index is 0. The maximum Gasteiger partial charge on any atom is 0.257 e. The number of hydrogen-bond donors (Lipinski definition) is 1. The van der Waals surface area contributed by atoms with Crippen molar-refractivity contribution in [1.29, 1.82) is 0 Å². The predicted octanol–water partition coefficient (Wildman–Crippen LogP) is 0.584. The first-order chi connectivity index (χ1) is 7.59. The Hall–Kier alpha value is -1.07. The monoisotopic (exact) mass is 258 g/mol. The van der Waals surface area contributed by atoms with Crippen LogP contribution in [-0.2, 0) is 7.05 Å². The van der Waals surface area contributed by atoms with Crippen molar-refractivity contribution >= 4 is 18.3 Å². The van der Waals surface area contributed by atoms with E-state index in [0.29, 0.717) is 11.6 Å².